The van der Waals surface area contributed by atoms with Crippen LogP contribution in [0.3, 0.4) is 0 Å². The van der Waals surface area contributed by atoms with Crippen LogP contribution in [-0.2, 0) is 11.3 Å². The molecule has 4 heteroatoms. The van der Waals surface area contributed by atoms with E-state index in [9.17, 15) is 9.18 Å². The van der Waals surface area contributed by atoms with E-state index < -0.39 is 5.97 Å². The third kappa shape index (κ3) is 3.53. The predicted octanol–water partition coefficient (Wildman–Crippen LogP) is 2.57. The van der Waals surface area contributed by atoms with Gasteiger partial charge in [0.1, 0.15) is 5.82 Å². The van der Waals surface area contributed by atoms with E-state index in [-0.39, 0.29) is 12.2 Å². The van der Waals surface area contributed by atoms with Gasteiger partial charge in [0.05, 0.1) is 6.42 Å². The minimum atomic E-state index is -0.782. The molecule has 1 fully saturated rings. The van der Waals surface area contributed by atoms with Gasteiger partial charge >= 0.3 is 5.97 Å². The first-order valence-electron chi connectivity index (χ1n) is 6.27. The summed E-state index contributed by atoms with van der Waals surface area (Å²) in [6, 6.07) is 5.71. The van der Waals surface area contributed by atoms with Gasteiger partial charge < -0.3 is 5.11 Å². The fourth-order valence-corrected chi connectivity index (χ4v) is 2.04. The lowest BCUT2D eigenvalue weighted by Gasteiger charge is -2.21. The number of hydrogen-bond acceptors (Lipinski definition) is 2. The van der Waals surface area contributed by atoms with Crippen molar-refractivity contribution in [2.45, 2.75) is 38.8 Å². The van der Waals surface area contributed by atoms with Crippen molar-refractivity contribution in [3.63, 3.8) is 0 Å². The van der Waals surface area contributed by atoms with Gasteiger partial charge in [0.15, 0.2) is 0 Å². The Morgan fingerprint density at radius 3 is 2.78 bits per heavy atom. The van der Waals surface area contributed by atoms with Crippen molar-refractivity contribution in [2.75, 3.05) is 6.54 Å². The van der Waals surface area contributed by atoms with Gasteiger partial charge in [-0.15, -0.1) is 0 Å². The van der Waals surface area contributed by atoms with E-state index in [4.69, 9.17) is 5.11 Å². The minimum Gasteiger partial charge on any atom is -0.481 e. The molecule has 0 spiro atoms. The van der Waals surface area contributed by atoms with Gasteiger partial charge in [0.2, 0.25) is 0 Å². The summed E-state index contributed by atoms with van der Waals surface area (Å²) >= 11 is 0. The van der Waals surface area contributed by atoms with Gasteiger partial charge in [-0.1, -0.05) is 12.1 Å². The summed E-state index contributed by atoms with van der Waals surface area (Å²) in [5.74, 6) is -0.975. The van der Waals surface area contributed by atoms with E-state index in [1.54, 1.807) is 19.1 Å². The van der Waals surface area contributed by atoms with Crippen LogP contribution in [0.5, 0.6) is 0 Å². The second-order valence-electron chi connectivity index (χ2n) is 4.93. The monoisotopic (exact) mass is 251 g/mol. The average molecular weight is 251 g/mol. The molecule has 0 radical (unpaired) electrons. The molecule has 2 rings (SSSR count). The Bertz CT molecular complexity index is 443. The fraction of sp³-hybridized carbons (Fsp3) is 0.500. The molecule has 1 aromatic carbocycles. The molecular formula is C14H18FNO2. The Morgan fingerprint density at radius 1 is 1.50 bits per heavy atom. The van der Waals surface area contributed by atoms with Crippen LogP contribution in [0.25, 0.3) is 0 Å². The molecule has 3 nitrogen and oxygen atoms in total. The summed E-state index contributed by atoms with van der Waals surface area (Å²) in [6.07, 6.45) is 2.38. The van der Waals surface area contributed by atoms with E-state index in [0.717, 1.165) is 18.4 Å². The minimum absolute atomic E-state index is 0.144. The number of rotatable bonds is 6. The number of carboxylic acid groups (broad SMARTS) is 1. The molecule has 0 unspecified atom stereocenters. The number of aliphatic carboxylic acids is 1. The zero-order valence-corrected chi connectivity index (χ0v) is 10.5. The number of halogens is 1. The Morgan fingerprint density at radius 2 is 2.22 bits per heavy atom. The molecule has 0 amide bonds. The Labute approximate surface area is 106 Å². The van der Waals surface area contributed by atoms with E-state index in [0.29, 0.717) is 24.7 Å². The number of nitrogens with zero attached hydrogens (tertiary/aromatic N) is 1. The smallest absolute Gasteiger partial charge is 0.304 e. The summed E-state index contributed by atoms with van der Waals surface area (Å²) in [5, 5.41) is 8.72. The van der Waals surface area contributed by atoms with Crippen molar-refractivity contribution in [3.05, 3.63) is 35.1 Å². The van der Waals surface area contributed by atoms with Crippen molar-refractivity contribution in [1.29, 1.82) is 0 Å². The molecule has 1 N–H and O–H groups in total. The molecule has 0 aromatic heterocycles. The lowest BCUT2D eigenvalue weighted by molar-refractivity contribution is -0.137. The molecule has 1 saturated carbocycles. The Hall–Kier alpha value is -1.42. The highest BCUT2D eigenvalue weighted by Crippen LogP contribution is 2.28. The summed E-state index contributed by atoms with van der Waals surface area (Å²) in [6.45, 7) is 2.91. The molecule has 0 bridgehead atoms. The molecule has 1 aliphatic rings. The molecule has 1 aromatic rings. The van der Waals surface area contributed by atoms with Crippen molar-refractivity contribution >= 4 is 5.97 Å². The van der Waals surface area contributed by atoms with Crippen molar-refractivity contribution in [3.8, 4) is 0 Å². The van der Waals surface area contributed by atoms with E-state index in [2.05, 4.69) is 4.90 Å². The lowest BCUT2D eigenvalue weighted by atomic mass is 10.1. The number of benzene rings is 1. The number of hydrogen-bond donors (Lipinski definition) is 1. The summed E-state index contributed by atoms with van der Waals surface area (Å²) in [4.78, 5) is 12.7. The number of carbonyl (C=O) groups is 1. The molecule has 0 aliphatic heterocycles. The predicted molar refractivity (Wildman–Crippen MR) is 66.8 cm³/mol. The molecule has 98 valence electrons. The first-order chi connectivity index (χ1) is 8.56. The van der Waals surface area contributed by atoms with Crippen LogP contribution in [0.2, 0.25) is 0 Å². The lowest BCUT2D eigenvalue weighted by Crippen LogP contribution is -2.28. The van der Waals surface area contributed by atoms with Crippen molar-refractivity contribution < 1.29 is 14.3 Å². The van der Waals surface area contributed by atoms with Crippen LogP contribution in [0.15, 0.2) is 18.2 Å². The maximum atomic E-state index is 13.4. The molecule has 18 heavy (non-hydrogen) atoms. The average Bonchev–Trinajstić information content (AvgIpc) is 3.13. The normalized spacial score (nSPS) is 15.1. The van der Waals surface area contributed by atoms with Gasteiger partial charge in [-0.2, -0.15) is 0 Å². The first kappa shape index (κ1) is 13.0. The van der Waals surface area contributed by atoms with Crippen LogP contribution in [0.1, 0.15) is 30.4 Å². The fourth-order valence-electron chi connectivity index (χ4n) is 2.04. The maximum absolute atomic E-state index is 13.4. The standard InChI is InChI=1S/C14H18FNO2/c1-10-2-3-11(8-13(10)15)9-16(12-4-5-12)7-6-14(17)18/h2-3,8,12H,4-7,9H2,1H3,(H,17,18). The van der Waals surface area contributed by atoms with Gasteiger partial charge in [0, 0.05) is 19.1 Å². The van der Waals surface area contributed by atoms with Gasteiger partial charge in [-0.05, 0) is 37.0 Å². The van der Waals surface area contributed by atoms with Gasteiger partial charge in [-0.3, -0.25) is 9.69 Å². The van der Waals surface area contributed by atoms with Crippen molar-refractivity contribution in [1.82, 2.24) is 4.90 Å². The Kier molecular flexibility index (Phi) is 3.97. The maximum Gasteiger partial charge on any atom is 0.304 e. The first-order valence-corrected chi connectivity index (χ1v) is 6.27. The molecule has 0 atom stereocenters. The van der Waals surface area contributed by atoms with Crippen LogP contribution in [0.4, 0.5) is 4.39 Å². The van der Waals surface area contributed by atoms with Crippen molar-refractivity contribution in [2.24, 2.45) is 0 Å². The summed E-state index contributed by atoms with van der Waals surface area (Å²) in [7, 11) is 0. The summed E-state index contributed by atoms with van der Waals surface area (Å²) < 4.78 is 13.4. The zero-order chi connectivity index (χ0) is 13.1. The second-order valence-corrected chi connectivity index (χ2v) is 4.93. The highest BCUT2D eigenvalue weighted by Gasteiger charge is 2.29. The molecule has 1 aliphatic carbocycles. The van der Waals surface area contributed by atoms with Gasteiger partial charge in [0.25, 0.3) is 0 Å². The van der Waals surface area contributed by atoms with Crippen LogP contribution in [0, 0.1) is 12.7 Å². The Balaban J connectivity index is 1.99. The third-order valence-electron chi connectivity index (χ3n) is 3.30. The highest BCUT2D eigenvalue weighted by molar-refractivity contribution is 5.66. The van der Waals surface area contributed by atoms with Crippen LogP contribution in [-0.4, -0.2) is 28.6 Å². The SMILES string of the molecule is Cc1ccc(CN(CCC(=O)O)C2CC2)cc1F. The van der Waals surface area contributed by atoms with E-state index in [1.165, 1.54) is 0 Å². The topological polar surface area (TPSA) is 40.5 Å². The quantitative estimate of drug-likeness (QED) is 0.844. The molecule has 0 saturated heterocycles. The number of aryl methyl sites for hydroxylation is 1. The van der Waals surface area contributed by atoms with E-state index in [1.807, 2.05) is 6.07 Å². The summed E-state index contributed by atoms with van der Waals surface area (Å²) in [5.41, 5.74) is 1.55. The van der Waals surface area contributed by atoms with Crippen LogP contribution < -0.4 is 0 Å². The molecular weight excluding hydrogens is 233 g/mol. The van der Waals surface area contributed by atoms with Crippen LogP contribution >= 0.6 is 0 Å². The molecule has 0 heterocycles. The van der Waals surface area contributed by atoms with E-state index >= 15 is 0 Å². The third-order valence-corrected chi connectivity index (χ3v) is 3.30. The highest BCUT2D eigenvalue weighted by atomic mass is 19.1. The number of carboxylic acids is 1. The zero-order valence-electron chi connectivity index (χ0n) is 10.5. The second kappa shape index (κ2) is 5.48. The largest absolute Gasteiger partial charge is 0.481 e. The van der Waals surface area contributed by atoms with Gasteiger partial charge in [-0.25, -0.2) is 4.39 Å².